The van der Waals surface area contributed by atoms with Gasteiger partial charge in [-0.25, -0.2) is 13.9 Å². The molecule has 2 aromatic rings. The van der Waals surface area contributed by atoms with Crippen molar-refractivity contribution in [2.75, 3.05) is 18.4 Å². The summed E-state index contributed by atoms with van der Waals surface area (Å²) in [5, 5.41) is 16.0. The molecule has 4 rings (SSSR count). The number of hydrogen-bond donors (Lipinski definition) is 4. The van der Waals surface area contributed by atoms with Gasteiger partial charge in [-0.3, -0.25) is 10.0 Å². The second-order valence-electron chi connectivity index (χ2n) is 8.73. The summed E-state index contributed by atoms with van der Waals surface area (Å²) in [6.45, 7) is 2.26. The zero-order valence-electron chi connectivity index (χ0n) is 17.4. The molecule has 31 heavy (non-hydrogen) atoms. The molecule has 7 nitrogen and oxygen atoms in total. The van der Waals surface area contributed by atoms with Crippen molar-refractivity contribution >= 4 is 21.4 Å². The highest BCUT2D eigenvalue weighted by Gasteiger charge is 2.60. The van der Waals surface area contributed by atoms with Gasteiger partial charge in [0.05, 0.1) is 4.90 Å². The van der Waals surface area contributed by atoms with Gasteiger partial charge in [0.25, 0.3) is 5.91 Å². The van der Waals surface area contributed by atoms with E-state index in [1.54, 1.807) is 29.7 Å². The molecule has 166 valence electrons. The summed E-state index contributed by atoms with van der Waals surface area (Å²) in [7, 11) is -3.99. The Balaban J connectivity index is 1.57. The van der Waals surface area contributed by atoms with Gasteiger partial charge in [-0.15, -0.1) is 0 Å². The van der Waals surface area contributed by atoms with Crippen LogP contribution in [0.15, 0.2) is 59.5 Å². The second-order valence-corrected chi connectivity index (χ2v) is 11.0. The molecule has 2 aromatic carbocycles. The number of piperidine rings is 1. The predicted octanol–water partition coefficient (Wildman–Crippen LogP) is 2.87. The van der Waals surface area contributed by atoms with Crippen LogP contribution in [0.5, 0.6) is 0 Å². The fourth-order valence-corrected chi connectivity index (χ4v) is 7.16. The Bertz CT molecular complexity index is 1020. The first-order chi connectivity index (χ1) is 14.9. The normalized spacial score (nSPS) is 22.9. The minimum absolute atomic E-state index is 0.104. The van der Waals surface area contributed by atoms with Gasteiger partial charge in [-0.1, -0.05) is 30.3 Å². The van der Waals surface area contributed by atoms with Gasteiger partial charge in [0.15, 0.2) is 14.6 Å². The van der Waals surface area contributed by atoms with E-state index in [0.717, 1.165) is 37.2 Å². The Kier molecular flexibility index (Phi) is 6.05. The summed E-state index contributed by atoms with van der Waals surface area (Å²) in [4.78, 5) is 12.8. The van der Waals surface area contributed by atoms with Gasteiger partial charge in [0, 0.05) is 12.2 Å². The van der Waals surface area contributed by atoms with Gasteiger partial charge in [-0.2, -0.15) is 0 Å². The molecular formula is C23H29N3O4S. The molecular weight excluding hydrogens is 414 g/mol. The van der Waals surface area contributed by atoms with E-state index in [2.05, 4.69) is 10.6 Å². The largest absolute Gasteiger partial charge is 0.381 e. The van der Waals surface area contributed by atoms with Crippen LogP contribution in [0.3, 0.4) is 0 Å². The van der Waals surface area contributed by atoms with E-state index in [0.29, 0.717) is 13.0 Å². The van der Waals surface area contributed by atoms with E-state index in [9.17, 15) is 18.4 Å². The Morgan fingerprint density at radius 1 is 0.968 bits per heavy atom. The smallest absolute Gasteiger partial charge is 0.265 e. The summed E-state index contributed by atoms with van der Waals surface area (Å²) >= 11 is 0. The monoisotopic (exact) mass is 443 g/mol. The van der Waals surface area contributed by atoms with E-state index < -0.39 is 20.5 Å². The number of rotatable bonds is 6. The lowest BCUT2D eigenvalue weighted by atomic mass is 9.77. The molecule has 2 aliphatic rings. The molecule has 2 fully saturated rings. The summed E-state index contributed by atoms with van der Waals surface area (Å²) in [5.74, 6) is -0.825. The van der Waals surface area contributed by atoms with Crippen LogP contribution in [0.1, 0.15) is 37.7 Å². The first kappa shape index (κ1) is 21.8. The van der Waals surface area contributed by atoms with Crippen molar-refractivity contribution in [3.63, 3.8) is 0 Å². The molecule has 1 heterocycles. The van der Waals surface area contributed by atoms with Crippen molar-refractivity contribution in [3.8, 4) is 0 Å². The van der Waals surface area contributed by atoms with Crippen LogP contribution in [-0.2, 0) is 21.2 Å². The molecule has 1 saturated carbocycles. The maximum absolute atomic E-state index is 13.7. The second kappa shape index (κ2) is 8.61. The number of hydroxylamine groups is 1. The Labute approximate surface area is 183 Å². The lowest BCUT2D eigenvalue weighted by molar-refractivity contribution is -0.132. The van der Waals surface area contributed by atoms with E-state index in [1.165, 1.54) is 0 Å². The van der Waals surface area contributed by atoms with Crippen molar-refractivity contribution < 1.29 is 18.4 Å². The molecule has 0 bridgehead atoms. The van der Waals surface area contributed by atoms with Gasteiger partial charge >= 0.3 is 0 Å². The topological polar surface area (TPSA) is 108 Å². The van der Waals surface area contributed by atoms with E-state index in [-0.39, 0.29) is 23.2 Å². The number of amides is 1. The lowest BCUT2D eigenvalue weighted by Gasteiger charge is -2.36. The standard InChI is InChI=1S/C23H29N3O4S/c27-21(26-28)23(11-10-22(17-23)12-14-24-15-13-22)31(29,30)20-8-6-19(7-9-20)25-16-18-4-2-1-3-5-18/h1-9,24-25,28H,10-17H2,(H,26,27). The average molecular weight is 444 g/mol. The molecule has 1 unspecified atom stereocenters. The minimum atomic E-state index is -3.99. The van der Waals surface area contributed by atoms with E-state index in [4.69, 9.17) is 0 Å². The van der Waals surface area contributed by atoms with Crippen molar-refractivity contribution in [1.29, 1.82) is 0 Å². The highest BCUT2D eigenvalue weighted by Crippen LogP contribution is 2.54. The molecule has 1 saturated heterocycles. The minimum Gasteiger partial charge on any atom is -0.381 e. The van der Waals surface area contributed by atoms with Crippen molar-refractivity contribution in [3.05, 3.63) is 60.2 Å². The maximum atomic E-state index is 13.7. The third-order valence-electron chi connectivity index (χ3n) is 6.92. The van der Waals surface area contributed by atoms with Crippen molar-refractivity contribution in [1.82, 2.24) is 10.8 Å². The van der Waals surface area contributed by atoms with Crippen molar-refractivity contribution in [2.45, 2.75) is 48.3 Å². The molecule has 0 radical (unpaired) electrons. The van der Waals surface area contributed by atoms with Gasteiger partial charge in [-0.05, 0) is 80.4 Å². The summed E-state index contributed by atoms with van der Waals surface area (Å²) < 4.78 is 25.7. The van der Waals surface area contributed by atoms with Gasteiger partial charge in [0.1, 0.15) is 0 Å². The highest BCUT2D eigenvalue weighted by atomic mass is 32.2. The van der Waals surface area contributed by atoms with Gasteiger partial charge in [0.2, 0.25) is 0 Å². The molecule has 0 aromatic heterocycles. The average Bonchev–Trinajstić information content (AvgIpc) is 3.19. The molecule has 1 aliphatic carbocycles. The number of anilines is 1. The summed E-state index contributed by atoms with van der Waals surface area (Å²) in [6.07, 6.45) is 2.80. The third-order valence-corrected chi connectivity index (χ3v) is 9.37. The van der Waals surface area contributed by atoms with Crippen LogP contribution < -0.4 is 16.1 Å². The van der Waals surface area contributed by atoms with Gasteiger partial charge < -0.3 is 10.6 Å². The fourth-order valence-electron chi connectivity index (χ4n) is 5.06. The molecule has 1 atom stereocenters. The van der Waals surface area contributed by atoms with Crippen LogP contribution in [0.4, 0.5) is 5.69 Å². The molecule has 4 N–H and O–H groups in total. The Morgan fingerprint density at radius 2 is 1.65 bits per heavy atom. The number of nitrogens with one attached hydrogen (secondary N) is 3. The number of hydrogen-bond acceptors (Lipinski definition) is 6. The predicted molar refractivity (Wildman–Crippen MR) is 118 cm³/mol. The fraction of sp³-hybridized carbons (Fsp3) is 0.435. The van der Waals surface area contributed by atoms with Crippen molar-refractivity contribution in [2.24, 2.45) is 5.41 Å². The van der Waals surface area contributed by atoms with Crippen LogP contribution in [-0.4, -0.2) is 37.4 Å². The molecule has 8 heteroatoms. The number of carbonyl (C=O) groups excluding carboxylic acids is 1. The Hall–Kier alpha value is -2.42. The highest BCUT2D eigenvalue weighted by molar-refractivity contribution is 7.93. The zero-order valence-corrected chi connectivity index (χ0v) is 18.2. The van der Waals surface area contributed by atoms with E-state index >= 15 is 0 Å². The molecule has 1 spiro atoms. The third kappa shape index (κ3) is 4.07. The lowest BCUT2D eigenvalue weighted by Crippen LogP contribution is -2.51. The number of benzene rings is 2. The van der Waals surface area contributed by atoms with Crippen LogP contribution >= 0.6 is 0 Å². The van der Waals surface area contributed by atoms with E-state index in [1.807, 2.05) is 30.3 Å². The number of carbonyl (C=O) groups is 1. The zero-order chi connectivity index (χ0) is 22.0. The first-order valence-corrected chi connectivity index (χ1v) is 12.2. The maximum Gasteiger partial charge on any atom is 0.265 e. The number of sulfone groups is 1. The molecule has 1 amide bonds. The van der Waals surface area contributed by atoms with Crippen LogP contribution in [0.2, 0.25) is 0 Å². The summed E-state index contributed by atoms with van der Waals surface area (Å²) in [6, 6.07) is 16.4. The Morgan fingerprint density at radius 3 is 2.29 bits per heavy atom. The quantitative estimate of drug-likeness (QED) is 0.404. The SMILES string of the molecule is O=C(NO)C1(S(=O)(=O)c2ccc(NCc3ccccc3)cc2)CCC2(CCNCC2)C1. The summed E-state index contributed by atoms with van der Waals surface area (Å²) in [5.41, 5.74) is 3.39. The first-order valence-electron chi connectivity index (χ1n) is 10.7. The van der Waals surface area contributed by atoms with Crippen LogP contribution in [0.25, 0.3) is 0 Å². The van der Waals surface area contributed by atoms with Crippen LogP contribution in [0, 0.1) is 5.41 Å². The molecule has 1 aliphatic heterocycles.